The lowest BCUT2D eigenvalue weighted by Crippen LogP contribution is -1.92. The van der Waals surface area contributed by atoms with E-state index in [1.807, 2.05) is 11.3 Å². The molecular formula is C44H26OS. The third-order valence-corrected chi connectivity index (χ3v) is 10.6. The number of fused-ring (bicyclic) bond motifs is 8. The summed E-state index contributed by atoms with van der Waals surface area (Å²) in [6.45, 7) is 0. The van der Waals surface area contributed by atoms with Crippen LogP contribution in [0.3, 0.4) is 0 Å². The zero-order chi connectivity index (χ0) is 30.2. The first-order valence-corrected chi connectivity index (χ1v) is 16.5. The van der Waals surface area contributed by atoms with Gasteiger partial charge in [-0.3, -0.25) is 0 Å². The second-order valence-corrected chi connectivity index (χ2v) is 13.0. The van der Waals surface area contributed by atoms with Crippen molar-refractivity contribution in [1.82, 2.24) is 0 Å². The highest BCUT2D eigenvalue weighted by Gasteiger charge is 2.26. The topological polar surface area (TPSA) is 13.1 Å². The molecule has 10 rings (SSSR count). The van der Waals surface area contributed by atoms with E-state index in [1.165, 1.54) is 69.2 Å². The molecule has 2 heteroatoms. The summed E-state index contributed by atoms with van der Waals surface area (Å²) >= 11 is 1.83. The third-order valence-electron chi connectivity index (χ3n) is 9.47. The minimum Gasteiger partial charge on any atom is -0.455 e. The van der Waals surface area contributed by atoms with Crippen LogP contribution in [-0.2, 0) is 0 Å². The maximum Gasteiger partial charge on any atom is 0.144 e. The molecule has 0 atom stereocenters. The van der Waals surface area contributed by atoms with Gasteiger partial charge in [0.05, 0.1) is 0 Å². The van der Waals surface area contributed by atoms with Gasteiger partial charge in [-0.1, -0.05) is 140 Å². The quantitative estimate of drug-likeness (QED) is 0.183. The van der Waals surface area contributed by atoms with E-state index in [1.54, 1.807) is 0 Å². The summed E-state index contributed by atoms with van der Waals surface area (Å²) in [5.41, 5.74) is 6.92. The standard InChI is InChI=1S/C44H26OS/c1-2-14-28(15-3-1)43-42(36-25-26-38-41(44(36)45-43)35-22-10-11-24-37(35)46-38)40-33-20-8-6-18-31(33)39(32-19-7-9-21-34(32)40)30-23-12-16-27-13-4-5-17-29(27)30/h1-26H. The Morgan fingerprint density at radius 3 is 1.70 bits per heavy atom. The van der Waals surface area contributed by atoms with Crippen LogP contribution in [0.15, 0.2) is 162 Å². The number of rotatable bonds is 3. The number of hydrogen-bond acceptors (Lipinski definition) is 2. The Kier molecular flexibility index (Phi) is 5.51. The van der Waals surface area contributed by atoms with Crippen LogP contribution < -0.4 is 0 Å². The monoisotopic (exact) mass is 602 g/mol. The van der Waals surface area contributed by atoms with Crippen molar-refractivity contribution in [1.29, 1.82) is 0 Å². The second kappa shape index (κ2) is 9.90. The molecule has 46 heavy (non-hydrogen) atoms. The van der Waals surface area contributed by atoms with Crippen LogP contribution in [0.1, 0.15) is 0 Å². The van der Waals surface area contributed by atoms with Gasteiger partial charge in [0, 0.05) is 42.2 Å². The molecule has 8 aromatic carbocycles. The first-order chi connectivity index (χ1) is 22.8. The fraction of sp³-hybridized carbons (Fsp3) is 0. The molecule has 0 aliphatic carbocycles. The number of thiophene rings is 1. The van der Waals surface area contributed by atoms with E-state index in [0.717, 1.165) is 27.9 Å². The largest absolute Gasteiger partial charge is 0.455 e. The van der Waals surface area contributed by atoms with E-state index in [4.69, 9.17) is 4.42 Å². The molecule has 214 valence electrons. The fourth-order valence-corrected chi connectivity index (χ4v) is 8.64. The van der Waals surface area contributed by atoms with E-state index in [9.17, 15) is 0 Å². The molecule has 0 saturated heterocycles. The summed E-state index contributed by atoms with van der Waals surface area (Å²) in [6.07, 6.45) is 0. The molecule has 2 heterocycles. The van der Waals surface area contributed by atoms with Gasteiger partial charge in [-0.2, -0.15) is 0 Å². The summed E-state index contributed by atoms with van der Waals surface area (Å²) in [6, 6.07) is 57.0. The third kappa shape index (κ3) is 3.62. The van der Waals surface area contributed by atoms with Crippen LogP contribution in [0.2, 0.25) is 0 Å². The van der Waals surface area contributed by atoms with Crippen LogP contribution in [-0.4, -0.2) is 0 Å². The van der Waals surface area contributed by atoms with Crippen molar-refractivity contribution < 1.29 is 4.42 Å². The minimum atomic E-state index is 0.909. The Bertz CT molecular complexity index is 2740. The SMILES string of the molecule is c1ccc(-c2oc3c(ccc4sc5ccccc5c43)c2-c2c3ccccc3c(-c3cccc4ccccc34)c3ccccc23)cc1. The molecule has 0 amide bonds. The minimum absolute atomic E-state index is 0.909. The Morgan fingerprint density at radius 1 is 0.370 bits per heavy atom. The molecule has 0 bridgehead atoms. The van der Waals surface area contributed by atoms with Crippen LogP contribution >= 0.6 is 11.3 Å². The van der Waals surface area contributed by atoms with Crippen molar-refractivity contribution in [2.24, 2.45) is 0 Å². The highest BCUT2D eigenvalue weighted by Crippen LogP contribution is 2.52. The van der Waals surface area contributed by atoms with Crippen molar-refractivity contribution in [3.8, 4) is 33.6 Å². The normalized spacial score (nSPS) is 11.9. The first kappa shape index (κ1) is 25.6. The molecule has 0 fully saturated rings. The lowest BCUT2D eigenvalue weighted by atomic mass is 9.83. The van der Waals surface area contributed by atoms with Crippen molar-refractivity contribution in [2.45, 2.75) is 0 Å². The average Bonchev–Trinajstić information content (AvgIpc) is 3.69. The van der Waals surface area contributed by atoms with Gasteiger partial charge in [-0.15, -0.1) is 11.3 Å². The van der Waals surface area contributed by atoms with Crippen molar-refractivity contribution in [3.05, 3.63) is 158 Å². The molecule has 1 nitrogen and oxygen atoms in total. The Hall–Kier alpha value is -5.70. The van der Waals surface area contributed by atoms with E-state index in [2.05, 4.69) is 158 Å². The van der Waals surface area contributed by atoms with Gasteiger partial charge in [0.1, 0.15) is 11.3 Å². The highest BCUT2D eigenvalue weighted by molar-refractivity contribution is 7.26. The van der Waals surface area contributed by atoms with E-state index < -0.39 is 0 Å². The van der Waals surface area contributed by atoms with Gasteiger partial charge < -0.3 is 4.42 Å². The predicted molar refractivity (Wildman–Crippen MR) is 198 cm³/mol. The zero-order valence-electron chi connectivity index (χ0n) is 24.8. The maximum absolute atomic E-state index is 7.10. The second-order valence-electron chi connectivity index (χ2n) is 12.0. The fourth-order valence-electron chi connectivity index (χ4n) is 7.54. The number of hydrogen-bond donors (Lipinski definition) is 0. The van der Waals surface area contributed by atoms with E-state index in [-0.39, 0.29) is 0 Å². The molecular weight excluding hydrogens is 577 g/mol. The van der Waals surface area contributed by atoms with E-state index >= 15 is 0 Å². The molecule has 10 aromatic rings. The van der Waals surface area contributed by atoms with Crippen LogP contribution in [0.4, 0.5) is 0 Å². The molecule has 0 N–H and O–H groups in total. The van der Waals surface area contributed by atoms with Crippen LogP contribution in [0.5, 0.6) is 0 Å². The summed E-state index contributed by atoms with van der Waals surface area (Å²) < 4.78 is 9.62. The lowest BCUT2D eigenvalue weighted by Gasteiger charge is -2.19. The molecule has 0 radical (unpaired) electrons. The Balaban J connectivity index is 1.41. The summed E-state index contributed by atoms with van der Waals surface area (Å²) in [5, 5.41) is 11.0. The van der Waals surface area contributed by atoms with Gasteiger partial charge in [0.25, 0.3) is 0 Å². The molecule has 0 aliphatic rings. The number of benzene rings is 8. The molecule has 0 spiro atoms. The molecule has 0 saturated carbocycles. The summed E-state index contributed by atoms with van der Waals surface area (Å²) in [4.78, 5) is 0. The smallest absolute Gasteiger partial charge is 0.144 e. The predicted octanol–water partition coefficient (Wildman–Crippen LogP) is 13.3. The van der Waals surface area contributed by atoms with Gasteiger partial charge in [0.2, 0.25) is 0 Å². The van der Waals surface area contributed by atoms with Crippen molar-refractivity contribution in [3.63, 3.8) is 0 Å². The first-order valence-electron chi connectivity index (χ1n) is 15.7. The Morgan fingerprint density at radius 2 is 0.957 bits per heavy atom. The van der Waals surface area contributed by atoms with Crippen molar-refractivity contribution >= 4 is 74.8 Å². The number of furan rings is 1. The van der Waals surface area contributed by atoms with Crippen LogP contribution in [0, 0.1) is 0 Å². The molecule has 2 aromatic heterocycles. The van der Waals surface area contributed by atoms with Crippen LogP contribution in [0.25, 0.3) is 97.0 Å². The van der Waals surface area contributed by atoms with Gasteiger partial charge in [0.15, 0.2) is 0 Å². The lowest BCUT2D eigenvalue weighted by molar-refractivity contribution is 0.636. The maximum atomic E-state index is 7.10. The molecule has 0 aliphatic heterocycles. The molecule has 0 unspecified atom stereocenters. The Labute approximate surface area is 269 Å². The van der Waals surface area contributed by atoms with E-state index in [0.29, 0.717) is 0 Å². The van der Waals surface area contributed by atoms with Gasteiger partial charge in [-0.25, -0.2) is 0 Å². The van der Waals surface area contributed by atoms with Gasteiger partial charge >= 0.3 is 0 Å². The summed E-state index contributed by atoms with van der Waals surface area (Å²) in [5.74, 6) is 0.909. The van der Waals surface area contributed by atoms with Crippen molar-refractivity contribution in [2.75, 3.05) is 0 Å². The van der Waals surface area contributed by atoms with Gasteiger partial charge in [-0.05, 0) is 61.6 Å². The average molecular weight is 603 g/mol. The highest BCUT2D eigenvalue weighted by atomic mass is 32.1. The zero-order valence-corrected chi connectivity index (χ0v) is 25.6. The summed E-state index contributed by atoms with van der Waals surface area (Å²) in [7, 11) is 0.